The molecule has 4 aromatic rings. The Hall–Kier alpha value is -3.64. The van der Waals surface area contributed by atoms with Gasteiger partial charge in [-0.2, -0.15) is 0 Å². The number of nitrogens with one attached hydrogen (secondary N) is 1. The molecule has 2 amide bonds. The van der Waals surface area contributed by atoms with Crippen LogP contribution < -0.4 is 10.2 Å². The number of rotatable bonds is 9. The lowest BCUT2D eigenvalue weighted by Crippen LogP contribution is -2.30. The van der Waals surface area contributed by atoms with Crippen LogP contribution in [0.2, 0.25) is 5.02 Å². The number of carbonyl (C=O) groups excluding carboxylic acids is 2. The quantitative estimate of drug-likeness (QED) is 0.359. The third kappa shape index (κ3) is 5.83. The van der Waals surface area contributed by atoms with E-state index in [1.54, 1.807) is 24.1 Å². The highest BCUT2D eigenvalue weighted by atomic mass is 35.5. The Labute approximate surface area is 204 Å². The number of nitrogens with zero attached hydrogens (tertiary/aromatic N) is 3. The van der Waals surface area contributed by atoms with Gasteiger partial charge in [0.15, 0.2) is 0 Å². The lowest BCUT2D eigenvalue weighted by Gasteiger charge is -2.18. The van der Waals surface area contributed by atoms with Gasteiger partial charge < -0.3 is 14.8 Å². The second kappa shape index (κ2) is 11.0. The maximum Gasteiger partial charge on any atom is 0.246 e. The highest BCUT2D eigenvalue weighted by molar-refractivity contribution is 6.30. The van der Waals surface area contributed by atoms with E-state index in [0.717, 1.165) is 34.5 Å². The Morgan fingerprint density at radius 3 is 2.44 bits per heavy atom. The van der Waals surface area contributed by atoms with Crippen LogP contribution in [0.1, 0.15) is 17.8 Å². The number of imidazole rings is 1. The van der Waals surface area contributed by atoms with E-state index in [9.17, 15) is 9.59 Å². The SMILES string of the molecule is CN(C(=O)Cn1c(CCCNC(=O)Cc2ccc(Cl)cc2)nc2ccccc21)c1ccccc1. The molecular formula is C27H27ClN4O2. The van der Waals surface area contributed by atoms with Crippen molar-refractivity contribution in [3.8, 4) is 0 Å². The number of aryl methyl sites for hydroxylation is 1. The largest absolute Gasteiger partial charge is 0.356 e. The Bertz CT molecular complexity index is 1270. The minimum Gasteiger partial charge on any atom is -0.356 e. The summed E-state index contributed by atoms with van der Waals surface area (Å²) in [5, 5.41) is 3.62. The fourth-order valence-electron chi connectivity index (χ4n) is 3.85. The van der Waals surface area contributed by atoms with Gasteiger partial charge in [-0.1, -0.05) is 54.1 Å². The molecule has 1 N–H and O–H groups in total. The molecule has 6 nitrogen and oxygen atoms in total. The number of aromatic nitrogens is 2. The number of amides is 2. The van der Waals surface area contributed by atoms with Crippen molar-refractivity contribution in [1.82, 2.24) is 14.9 Å². The van der Waals surface area contributed by atoms with Crippen molar-refractivity contribution in [2.24, 2.45) is 0 Å². The number of anilines is 1. The molecule has 7 heteroatoms. The summed E-state index contributed by atoms with van der Waals surface area (Å²) in [4.78, 5) is 31.7. The average molecular weight is 475 g/mol. The van der Waals surface area contributed by atoms with E-state index in [0.29, 0.717) is 24.4 Å². The van der Waals surface area contributed by atoms with E-state index >= 15 is 0 Å². The molecule has 0 atom stereocenters. The Balaban J connectivity index is 1.38. The summed E-state index contributed by atoms with van der Waals surface area (Å²) in [6, 6.07) is 24.7. The van der Waals surface area contributed by atoms with Crippen molar-refractivity contribution >= 4 is 40.1 Å². The zero-order valence-corrected chi connectivity index (χ0v) is 19.8. The van der Waals surface area contributed by atoms with Crippen molar-refractivity contribution in [2.45, 2.75) is 25.8 Å². The fourth-order valence-corrected chi connectivity index (χ4v) is 3.98. The predicted molar refractivity (Wildman–Crippen MR) is 136 cm³/mol. The number of benzene rings is 3. The molecule has 0 saturated heterocycles. The van der Waals surface area contributed by atoms with Gasteiger partial charge in [0.2, 0.25) is 11.8 Å². The summed E-state index contributed by atoms with van der Waals surface area (Å²) in [6.45, 7) is 0.734. The number of fused-ring (bicyclic) bond motifs is 1. The van der Waals surface area contributed by atoms with Crippen LogP contribution in [0.5, 0.6) is 0 Å². The highest BCUT2D eigenvalue weighted by Gasteiger charge is 2.17. The maximum atomic E-state index is 13.0. The summed E-state index contributed by atoms with van der Waals surface area (Å²) < 4.78 is 1.98. The van der Waals surface area contributed by atoms with Crippen molar-refractivity contribution in [3.05, 3.63) is 95.3 Å². The second-order valence-electron chi connectivity index (χ2n) is 8.15. The number of carbonyl (C=O) groups is 2. The minimum atomic E-state index is -0.0320. The van der Waals surface area contributed by atoms with Gasteiger partial charge in [-0.3, -0.25) is 9.59 Å². The summed E-state index contributed by atoms with van der Waals surface area (Å²) in [7, 11) is 1.78. The van der Waals surface area contributed by atoms with Crippen molar-refractivity contribution in [2.75, 3.05) is 18.5 Å². The number of halogens is 1. The zero-order valence-electron chi connectivity index (χ0n) is 19.1. The van der Waals surface area contributed by atoms with Crippen molar-refractivity contribution in [3.63, 3.8) is 0 Å². The van der Waals surface area contributed by atoms with Gasteiger partial charge in [0.1, 0.15) is 12.4 Å². The number of likely N-dealkylation sites (N-methyl/N-ethyl adjacent to an activating group) is 1. The lowest BCUT2D eigenvalue weighted by atomic mass is 10.1. The highest BCUT2D eigenvalue weighted by Crippen LogP contribution is 2.19. The van der Waals surface area contributed by atoms with E-state index < -0.39 is 0 Å². The van der Waals surface area contributed by atoms with Crippen LogP contribution in [0, 0.1) is 0 Å². The molecule has 174 valence electrons. The first kappa shape index (κ1) is 23.5. The van der Waals surface area contributed by atoms with Crippen LogP contribution in [-0.4, -0.2) is 35.0 Å². The molecule has 0 aliphatic carbocycles. The van der Waals surface area contributed by atoms with Gasteiger partial charge in [0.25, 0.3) is 0 Å². The van der Waals surface area contributed by atoms with Gasteiger partial charge in [-0.05, 0) is 48.4 Å². The Kier molecular flexibility index (Phi) is 7.60. The van der Waals surface area contributed by atoms with Crippen LogP contribution >= 0.6 is 11.6 Å². The number of hydrogen-bond donors (Lipinski definition) is 1. The van der Waals surface area contributed by atoms with Gasteiger partial charge in [-0.15, -0.1) is 0 Å². The molecule has 4 rings (SSSR count). The topological polar surface area (TPSA) is 67.2 Å². The van der Waals surface area contributed by atoms with E-state index in [1.165, 1.54) is 0 Å². The third-order valence-corrected chi connectivity index (χ3v) is 5.97. The number of hydrogen-bond acceptors (Lipinski definition) is 3. The van der Waals surface area contributed by atoms with Crippen LogP contribution in [0.4, 0.5) is 5.69 Å². The van der Waals surface area contributed by atoms with Crippen LogP contribution in [0.3, 0.4) is 0 Å². The van der Waals surface area contributed by atoms with E-state index in [-0.39, 0.29) is 18.4 Å². The summed E-state index contributed by atoms with van der Waals surface area (Å²) in [5.41, 5.74) is 3.56. The molecule has 1 aromatic heterocycles. The molecular weight excluding hydrogens is 448 g/mol. The maximum absolute atomic E-state index is 13.0. The number of para-hydroxylation sites is 3. The summed E-state index contributed by atoms with van der Waals surface area (Å²) >= 11 is 5.90. The molecule has 0 aliphatic heterocycles. The molecule has 0 spiro atoms. The normalized spacial score (nSPS) is 10.9. The van der Waals surface area contributed by atoms with Crippen LogP contribution in [-0.2, 0) is 29.0 Å². The Morgan fingerprint density at radius 1 is 0.971 bits per heavy atom. The fraction of sp³-hybridized carbons (Fsp3) is 0.222. The van der Waals surface area contributed by atoms with E-state index in [4.69, 9.17) is 16.6 Å². The third-order valence-electron chi connectivity index (χ3n) is 5.72. The monoisotopic (exact) mass is 474 g/mol. The van der Waals surface area contributed by atoms with E-state index in [1.807, 2.05) is 71.3 Å². The summed E-state index contributed by atoms with van der Waals surface area (Å²) in [6.07, 6.45) is 1.69. The average Bonchev–Trinajstić information content (AvgIpc) is 3.20. The first-order valence-electron chi connectivity index (χ1n) is 11.3. The molecule has 0 saturated carbocycles. The smallest absolute Gasteiger partial charge is 0.246 e. The molecule has 0 bridgehead atoms. The summed E-state index contributed by atoms with van der Waals surface area (Å²) in [5.74, 6) is 0.783. The second-order valence-corrected chi connectivity index (χ2v) is 8.58. The molecule has 1 heterocycles. The first-order chi connectivity index (χ1) is 16.5. The van der Waals surface area contributed by atoms with Crippen molar-refractivity contribution in [1.29, 1.82) is 0 Å². The molecule has 3 aromatic carbocycles. The van der Waals surface area contributed by atoms with Crippen molar-refractivity contribution < 1.29 is 9.59 Å². The van der Waals surface area contributed by atoms with Crippen LogP contribution in [0.25, 0.3) is 11.0 Å². The van der Waals surface area contributed by atoms with Gasteiger partial charge >= 0.3 is 0 Å². The first-order valence-corrected chi connectivity index (χ1v) is 11.7. The van der Waals surface area contributed by atoms with Gasteiger partial charge in [-0.25, -0.2) is 4.98 Å². The molecule has 0 unspecified atom stereocenters. The van der Waals surface area contributed by atoms with Gasteiger partial charge in [0.05, 0.1) is 17.5 Å². The zero-order chi connectivity index (χ0) is 23.9. The van der Waals surface area contributed by atoms with Gasteiger partial charge in [0, 0.05) is 30.7 Å². The Morgan fingerprint density at radius 2 is 1.68 bits per heavy atom. The minimum absolute atomic E-state index is 0.0214. The molecule has 34 heavy (non-hydrogen) atoms. The van der Waals surface area contributed by atoms with Crippen LogP contribution in [0.15, 0.2) is 78.9 Å². The lowest BCUT2D eigenvalue weighted by molar-refractivity contribution is -0.120. The molecule has 0 aliphatic rings. The predicted octanol–water partition coefficient (Wildman–Crippen LogP) is 4.64. The molecule has 0 radical (unpaired) electrons. The standard InChI is InChI=1S/C27H27ClN4O2/c1-31(22-8-3-2-4-9-22)27(34)19-32-24-11-6-5-10-23(24)30-25(32)12-7-17-29-26(33)18-20-13-15-21(28)16-14-20/h2-6,8-11,13-16H,7,12,17-19H2,1H3,(H,29,33). The van der Waals surface area contributed by atoms with E-state index in [2.05, 4.69) is 5.32 Å². The molecule has 0 fully saturated rings.